The van der Waals surface area contributed by atoms with Gasteiger partial charge in [0.05, 0.1) is 25.5 Å². The number of carbonyl (C=O) groups excluding carboxylic acids is 1. The Morgan fingerprint density at radius 3 is 2.76 bits per heavy atom. The van der Waals surface area contributed by atoms with Gasteiger partial charge in [-0.3, -0.25) is 14.7 Å². The first-order valence-electron chi connectivity index (χ1n) is 9.25. The van der Waals surface area contributed by atoms with E-state index >= 15 is 0 Å². The van der Waals surface area contributed by atoms with Gasteiger partial charge in [-0.05, 0) is 29.0 Å². The lowest BCUT2D eigenvalue weighted by Gasteiger charge is -2.25. The summed E-state index contributed by atoms with van der Waals surface area (Å²) in [6.45, 7) is 3.75. The smallest absolute Gasteiger partial charge is 0.379 e. The molecule has 0 bridgehead atoms. The third kappa shape index (κ3) is 6.19. The lowest BCUT2D eigenvalue weighted by molar-refractivity contribution is -0.164. The number of tetrazole rings is 1. The fraction of sp³-hybridized carbons (Fsp3) is 0.588. The number of carbonyl (C=O) groups is 1. The lowest BCUT2D eigenvalue weighted by Crippen LogP contribution is -2.38. The maximum Gasteiger partial charge on any atom is 0.414 e. The molecule has 0 saturated carbocycles. The largest absolute Gasteiger partial charge is 0.414 e. The number of morpholine rings is 1. The van der Waals surface area contributed by atoms with Gasteiger partial charge in [-0.15, -0.1) is 5.10 Å². The fourth-order valence-corrected chi connectivity index (χ4v) is 2.96. The first-order chi connectivity index (χ1) is 13.9. The third-order valence-electron chi connectivity index (χ3n) is 4.46. The minimum Gasteiger partial charge on any atom is -0.379 e. The summed E-state index contributed by atoms with van der Waals surface area (Å²) in [7, 11) is 0. The van der Waals surface area contributed by atoms with Crippen LogP contribution in [0.4, 0.5) is 13.2 Å². The third-order valence-corrected chi connectivity index (χ3v) is 4.46. The van der Waals surface area contributed by atoms with Crippen LogP contribution in [0.15, 0.2) is 24.4 Å². The zero-order chi connectivity index (χ0) is 20.7. The van der Waals surface area contributed by atoms with Crippen LogP contribution in [-0.2, 0) is 22.6 Å². The molecular weight excluding hydrogens is 391 g/mol. The normalized spacial score (nSPS) is 16.5. The molecule has 0 unspecified atom stereocenters. The topological polar surface area (TPSA) is 98.1 Å². The van der Waals surface area contributed by atoms with Gasteiger partial charge in [-0.1, -0.05) is 6.07 Å². The Bertz CT molecular complexity index is 779. The van der Waals surface area contributed by atoms with Crippen LogP contribution in [0.25, 0.3) is 0 Å². The Kier molecular flexibility index (Phi) is 7.09. The predicted molar refractivity (Wildman–Crippen MR) is 94.3 cm³/mol. The molecule has 1 aliphatic heterocycles. The first kappa shape index (κ1) is 21.1. The number of aryl methyl sites for hydroxylation is 1. The SMILES string of the molecule is O=C(CCCn1nnnc1CN1CCOCC1)N[C@H](c1ccccn1)C(F)(F)F. The highest BCUT2D eigenvalue weighted by molar-refractivity contribution is 5.76. The summed E-state index contributed by atoms with van der Waals surface area (Å²) < 4.78 is 46.7. The number of amides is 1. The highest BCUT2D eigenvalue weighted by Gasteiger charge is 2.42. The van der Waals surface area contributed by atoms with Gasteiger partial charge in [0, 0.05) is 32.3 Å². The van der Waals surface area contributed by atoms with E-state index in [1.807, 2.05) is 5.32 Å². The zero-order valence-electron chi connectivity index (χ0n) is 15.7. The van der Waals surface area contributed by atoms with Gasteiger partial charge in [0.2, 0.25) is 5.91 Å². The van der Waals surface area contributed by atoms with Crippen LogP contribution in [-0.4, -0.2) is 68.5 Å². The van der Waals surface area contributed by atoms with E-state index in [2.05, 4.69) is 25.4 Å². The van der Waals surface area contributed by atoms with Crippen molar-refractivity contribution in [2.45, 2.75) is 38.1 Å². The molecule has 1 saturated heterocycles. The molecule has 1 amide bonds. The first-order valence-corrected chi connectivity index (χ1v) is 9.25. The van der Waals surface area contributed by atoms with Crippen LogP contribution in [0.2, 0.25) is 0 Å². The number of aromatic nitrogens is 5. The van der Waals surface area contributed by atoms with Gasteiger partial charge >= 0.3 is 6.18 Å². The number of pyridine rings is 1. The maximum atomic E-state index is 13.3. The summed E-state index contributed by atoms with van der Waals surface area (Å²) in [5.41, 5.74) is -0.248. The highest BCUT2D eigenvalue weighted by Crippen LogP contribution is 2.31. The van der Waals surface area contributed by atoms with Crippen LogP contribution in [0.3, 0.4) is 0 Å². The number of ether oxygens (including phenoxy) is 1. The average Bonchev–Trinajstić information content (AvgIpc) is 3.13. The molecule has 2 aromatic heterocycles. The number of hydrogen-bond acceptors (Lipinski definition) is 7. The van der Waals surface area contributed by atoms with E-state index in [0.717, 1.165) is 13.1 Å². The van der Waals surface area contributed by atoms with Crippen LogP contribution >= 0.6 is 0 Å². The minimum absolute atomic E-state index is 0.0870. The van der Waals surface area contributed by atoms with Crippen molar-refractivity contribution < 1.29 is 22.7 Å². The standard InChI is InChI=1S/C17H22F3N7O2/c18-17(19,20)16(13-4-1-2-6-21-13)22-15(28)5-3-7-27-14(23-24-25-27)12-26-8-10-29-11-9-26/h1-2,4,6,16H,3,5,7-12H2,(H,22,28)/t16-/m1/s1. The molecule has 1 aliphatic rings. The van der Waals surface area contributed by atoms with Gasteiger partial charge in [-0.25, -0.2) is 4.68 Å². The summed E-state index contributed by atoms with van der Waals surface area (Å²) in [4.78, 5) is 17.9. The average molecular weight is 413 g/mol. The van der Waals surface area contributed by atoms with E-state index in [9.17, 15) is 18.0 Å². The van der Waals surface area contributed by atoms with Crippen molar-refractivity contribution >= 4 is 5.91 Å². The molecule has 1 N–H and O–H groups in total. The van der Waals surface area contributed by atoms with Crippen LogP contribution in [0.1, 0.15) is 30.4 Å². The van der Waals surface area contributed by atoms with Gasteiger partial charge in [0.25, 0.3) is 0 Å². The quantitative estimate of drug-likeness (QED) is 0.692. The molecule has 3 rings (SSSR count). The predicted octanol–water partition coefficient (Wildman–Crippen LogP) is 1.10. The fourth-order valence-electron chi connectivity index (χ4n) is 2.96. The van der Waals surface area contributed by atoms with Gasteiger partial charge in [-0.2, -0.15) is 13.2 Å². The molecular formula is C17H22F3N7O2. The van der Waals surface area contributed by atoms with Crippen molar-refractivity contribution in [1.82, 2.24) is 35.4 Å². The Morgan fingerprint density at radius 2 is 2.07 bits per heavy atom. The second kappa shape index (κ2) is 9.74. The summed E-state index contributed by atoms with van der Waals surface area (Å²) >= 11 is 0. The lowest BCUT2D eigenvalue weighted by atomic mass is 10.1. The second-order valence-electron chi connectivity index (χ2n) is 6.61. The minimum atomic E-state index is -4.63. The Hall–Kier alpha value is -2.60. The molecule has 0 aliphatic carbocycles. The Morgan fingerprint density at radius 1 is 1.28 bits per heavy atom. The summed E-state index contributed by atoms with van der Waals surface area (Å²) in [5.74, 6) is -0.0604. The van der Waals surface area contributed by atoms with E-state index in [-0.39, 0.29) is 12.1 Å². The van der Waals surface area contributed by atoms with E-state index in [4.69, 9.17) is 4.74 Å². The summed E-state index contributed by atoms with van der Waals surface area (Å²) in [6.07, 6.45) is -3.16. The number of alkyl halides is 3. The van der Waals surface area contributed by atoms with Gasteiger partial charge in [0.1, 0.15) is 0 Å². The molecule has 158 valence electrons. The van der Waals surface area contributed by atoms with Crippen molar-refractivity contribution in [2.24, 2.45) is 0 Å². The number of halogens is 3. The van der Waals surface area contributed by atoms with Gasteiger partial charge < -0.3 is 10.1 Å². The number of hydrogen-bond donors (Lipinski definition) is 1. The second-order valence-corrected chi connectivity index (χ2v) is 6.61. The molecule has 1 atom stereocenters. The molecule has 1 fully saturated rings. The van der Waals surface area contributed by atoms with Crippen LogP contribution in [0.5, 0.6) is 0 Å². The molecule has 2 aromatic rings. The van der Waals surface area contributed by atoms with E-state index in [1.165, 1.54) is 24.4 Å². The molecule has 0 radical (unpaired) electrons. The Labute approximate surface area is 165 Å². The van der Waals surface area contributed by atoms with E-state index < -0.39 is 18.1 Å². The van der Waals surface area contributed by atoms with Crippen molar-refractivity contribution in [2.75, 3.05) is 26.3 Å². The number of nitrogens with zero attached hydrogens (tertiary/aromatic N) is 6. The van der Waals surface area contributed by atoms with Crippen molar-refractivity contribution in [3.05, 3.63) is 35.9 Å². The molecule has 0 aromatic carbocycles. The summed E-state index contributed by atoms with van der Waals surface area (Å²) in [5, 5.41) is 13.6. The molecule has 0 spiro atoms. The van der Waals surface area contributed by atoms with Crippen molar-refractivity contribution in [1.29, 1.82) is 0 Å². The van der Waals surface area contributed by atoms with E-state index in [1.54, 1.807) is 4.68 Å². The highest BCUT2D eigenvalue weighted by atomic mass is 19.4. The zero-order valence-corrected chi connectivity index (χ0v) is 15.7. The van der Waals surface area contributed by atoms with Crippen LogP contribution < -0.4 is 5.32 Å². The Balaban J connectivity index is 1.50. The summed E-state index contributed by atoms with van der Waals surface area (Å²) in [6, 6.07) is 2.05. The van der Waals surface area contributed by atoms with Crippen molar-refractivity contribution in [3.8, 4) is 0 Å². The van der Waals surface area contributed by atoms with Crippen molar-refractivity contribution in [3.63, 3.8) is 0 Å². The molecule has 12 heteroatoms. The van der Waals surface area contributed by atoms with Crippen LogP contribution in [0, 0.1) is 0 Å². The van der Waals surface area contributed by atoms with Gasteiger partial charge in [0.15, 0.2) is 11.9 Å². The van der Waals surface area contributed by atoms with E-state index in [0.29, 0.717) is 38.5 Å². The molecule has 9 nitrogen and oxygen atoms in total. The molecule has 29 heavy (non-hydrogen) atoms. The monoisotopic (exact) mass is 413 g/mol. The maximum absolute atomic E-state index is 13.3. The number of nitrogens with one attached hydrogen (secondary N) is 1. The number of rotatable bonds is 8. The molecule has 3 heterocycles.